The molecule has 1 unspecified atom stereocenters. The highest BCUT2D eigenvalue weighted by atomic mass is 16.3. The Labute approximate surface area is 105 Å². The van der Waals surface area contributed by atoms with Crippen molar-refractivity contribution >= 4 is 0 Å². The molecule has 0 bridgehead atoms. The van der Waals surface area contributed by atoms with Crippen molar-refractivity contribution < 1.29 is 5.11 Å². The number of aliphatic hydroxyl groups is 1. The van der Waals surface area contributed by atoms with Crippen LogP contribution in [0.25, 0.3) is 0 Å². The zero-order valence-electron chi connectivity index (χ0n) is 10.8. The molecular weight excluding hydrogens is 208 g/mol. The summed E-state index contributed by atoms with van der Waals surface area (Å²) in [5, 5.41) is 9.83. The van der Waals surface area contributed by atoms with E-state index in [1.807, 2.05) is 18.2 Å². The van der Waals surface area contributed by atoms with Gasteiger partial charge in [0.15, 0.2) is 0 Å². The standard InChI is InChI=1S/C16H22O/c1-3-15(4-2)16(17)13-9-8-12-14-10-6-5-7-11-14/h5-7,10-11,15-17H,3-4,8,12H2,1-2H3. The van der Waals surface area contributed by atoms with Gasteiger partial charge in [-0.2, -0.15) is 0 Å². The Morgan fingerprint density at radius 2 is 1.76 bits per heavy atom. The van der Waals surface area contributed by atoms with Gasteiger partial charge in [0.05, 0.1) is 0 Å². The summed E-state index contributed by atoms with van der Waals surface area (Å²) in [4.78, 5) is 0. The molecule has 1 nitrogen and oxygen atoms in total. The number of aliphatic hydroxyl groups excluding tert-OH is 1. The SMILES string of the molecule is CCC(CC)C(O)C#CCCc1ccccc1. The fraction of sp³-hybridized carbons (Fsp3) is 0.500. The Balaban J connectivity index is 2.36. The molecule has 1 aromatic rings. The molecule has 0 amide bonds. The van der Waals surface area contributed by atoms with Gasteiger partial charge in [-0.3, -0.25) is 0 Å². The van der Waals surface area contributed by atoms with Gasteiger partial charge in [0.25, 0.3) is 0 Å². The predicted octanol–water partition coefficient (Wildman–Crippen LogP) is 3.42. The molecule has 0 heterocycles. The van der Waals surface area contributed by atoms with Gasteiger partial charge in [0.2, 0.25) is 0 Å². The highest BCUT2D eigenvalue weighted by Gasteiger charge is 2.11. The Kier molecular flexibility index (Phi) is 6.43. The lowest BCUT2D eigenvalue weighted by Gasteiger charge is -2.13. The molecule has 0 saturated carbocycles. The highest BCUT2D eigenvalue weighted by molar-refractivity contribution is 5.16. The van der Waals surface area contributed by atoms with E-state index >= 15 is 0 Å². The molecule has 1 atom stereocenters. The number of hydrogen-bond donors (Lipinski definition) is 1. The maximum Gasteiger partial charge on any atom is 0.117 e. The van der Waals surface area contributed by atoms with E-state index in [0.29, 0.717) is 5.92 Å². The first kappa shape index (κ1) is 13.8. The summed E-state index contributed by atoms with van der Waals surface area (Å²) in [6.45, 7) is 4.20. The molecule has 0 fully saturated rings. The lowest BCUT2D eigenvalue weighted by molar-refractivity contribution is 0.155. The Morgan fingerprint density at radius 3 is 2.35 bits per heavy atom. The number of rotatable bonds is 5. The summed E-state index contributed by atoms with van der Waals surface area (Å²) >= 11 is 0. The summed E-state index contributed by atoms with van der Waals surface area (Å²) in [6, 6.07) is 10.3. The average Bonchev–Trinajstić information content (AvgIpc) is 2.37. The van der Waals surface area contributed by atoms with E-state index in [-0.39, 0.29) is 0 Å². The molecule has 1 N–H and O–H groups in total. The van der Waals surface area contributed by atoms with Crippen molar-refractivity contribution in [2.45, 2.75) is 45.6 Å². The molecule has 0 aliphatic carbocycles. The second kappa shape index (κ2) is 7.92. The molecule has 0 aliphatic rings. The van der Waals surface area contributed by atoms with E-state index in [0.717, 1.165) is 25.7 Å². The van der Waals surface area contributed by atoms with Crippen molar-refractivity contribution in [2.24, 2.45) is 5.92 Å². The van der Waals surface area contributed by atoms with Crippen LogP contribution in [0.5, 0.6) is 0 Å². The van der Waals surface area contributed by atoms with Gasteiger partial charge >= 0.3 is 0 Å². The quantitative estimate of drug-likeness (QED) is 0.768. The Hall–Kier alpha value is -1.26. The van der Waals surface area contributed by atoms with Crippen LogP contribution in [0.2, 0.25) is 0 Å². The first-order valence-corrected chi connectivity index (χ1v) is 6.48. The number of aryl methyl sites for hydroxylation is 1. The average molecular weight is 230 g/mol. The van der Waals surface area contributed by atoms with E-state index in [4.69, 9.17) is 0 Å². The third kappa shape index (κ3) is 5.06. The fourth-order valence-corrected chi connectivity index (χ4v) is 1.88. The minimum Gasteiger partial charge on any atom is -0.380 e. The molecule has 0 radical (unpaired) electrons. The molecule has 1 heteroatoms. The monoisotopic (exact) mass is 230 g/mol. The Morgan fingerprint density at radius 1 is 1.12 bits per heavy atom. The maximum absolute atomic E-state index is 9.83. The lowest BCUT2D eigenvalue weighted by atomic mass is 9.97. The second-order valence-corrected chi connectivity index (χ2v) is 4.33. The summed E-state index contributed by atoms with van der Waals surface area (Å²) < 4.78 is 0. The second-order valence-electron chi connectivity index (χ2n) is 4.33. The predicted molar refractivity (Wildman–Crippen MR) is 72.6 cm³/mol. The first-order chi connectivity index (χ1) is 8.27. The smallest absolute Gasteiger partial charge is 0.117 e. The molecule has 0 aliphatic heterocycles. The molecule has 17 heavy (non-hydrogen) atoms. The van der Waals surface area contributed by atoms with Gasteiger partial charge < -0.3 is 5.11 Å². The van der Waals surface area contributed by atoms with Crippen LogP contribution in [0.4, 0.5) is 0 Å². The maximum atomic E-state index is 9.83. The van der Waals surface area contributed by atoms with Crippen LogP contribution in [-0.2, 0) is 6.42 Å². The molecule has 0 saturated heterocycles. The van der Waals surface area contributed by atoms with Crippen molar-refractivity contribution in [3.8, 4) is 11.8 Å². The van der Waals surface area contributed by atoms with Crippen LogP contribution in [0.15, 0.2) is 30.3 Å². The zero-order valence-corrected chi connectivity index (χ0v) is 10.8. The van der Waals surface area contributed by atoms with Crippen molar-refractivity contribution in [1.82, 2.24) is 0 Å². The van der Waals surface area contributed by atoms with Crippen LogP contribution in [0, 0.1) is 17.8 Å². The van der Waals surface area contributed by atoms with Crippen LogP contribution < -0.4 is 0 Å². The summed E-state index contributed by atoms with van der Waals surface area (Å²) in [7, 11) is 0. The van der Waals surface area contributed by atoms with Gasteiger partial charge in [-0.05, 0) is 30.7 Å². The van der Waals surface area contributed by atoms with Gasteiger partial charge in [-0.15, -0.1) is 5.92 Å². The number of benzene rings is 1. The largest absolute Gasteiger partial charge is 0.380 e. The molecule has 1 rings (SSSR count). The van der Waals surface area contributed by atoms with Crippen molar-refractivity contribution in [1.29, 1.82) is 0 Å². The highest BCUT2D eigenvalue weighted by Crippen LogP contribution is 2.12. The minimum atomic E-state index is -0.458. The normalized spacial score (nSPS) is 12.0. The van der Waals surface area contributed by atoms with Crippen LogP contribution >= 0.6 is 0 Å². The van der Waals surface area contributed by atoms with Crippen LogP contribution in [0.3, 0.4) is 0 Å². The lowest BCUT2D eigenvalue weighted by Crippen LogP contribution is -2.16. The van der Waals surface area contributed by atoms with E-state index in [2.05, 4.69) is 37.8 Å². The third-order valence-electron chi connectivity index (χ3n) is 3.13. The van der Waals surface area contributed by atoms with E-state index in [9.17, 15) is 5.11 Å². The van der Waals surface area contributed by atoms with Gasteiger partial charge in [-0.1, -0.05) is 50.1 Å². The van der Waals surface area contributed by atoms with Gasteiger partial charge in [-0.25, -0.2) is 0 Å². The summed E-state index contributed by atoms with van der Waals surface area (Å²) in [5.74, 6) is 6.36. The molecule has 1 aromatic carbocycles. The topological polar surface area (TPSA) is 20.2 Å². The zero-order chi connectivity index (χ0) is 12.5. The van der Waals surface area contributed by atoms with Gasteiger partial charge in [0, 0.05) is 6.42 Å². The van der Waals surface area contributed by atoms with Crippen molar-refractivity contribution in [3.05, 3.63) is 35.9 Å². The molecule has 0 spiro atoms. The van der Waals surface area contributed by atoms with E-state index in [1.165, 1.54) is 5.56 Å². The van der Waals surface area contributed by atoms with Gasteiger partial charge in [0.1, 0.15) is 6.10 Å². The van der Waals surface area contributed by atoms with Crippen molar-refractivity contribution in [3.63, 3.8) is 0 Å². The first-order valence-electron chi connectivity index (χ1n) is 6.48. The van der Waals surface area contributed by atoms with Crippen LogP contribution in [0.1, 0.15) is 38.7 Å². The molecule has 0 aromatic heterocycles. The summed E-state index contributed by atoms with van der Waals surface area (Å²) in [5.41, 5.74) is 1.30. The van der Waals surface area contributed by atoms with Crippen molar-refractivity contribution in [2.75, 3.05) is 0 Å². The Bertz CT molecular complexity index is 354. The molecule has 92 valence electrons. The fourth-order valence-electron chi connectivity index (χ4n) is 1.88. The third-order valence-corrected chi connectivity index (χ3v) is 3.13. The van der Waals surface area contributed by atoms with E-state index in [1.54, 1.807) is 0 Å². The minimum absolute atomic E-state index is 0.319. The molecular formula is C16H22O. The van der Waals surface area contributed by atoms with E-state index < -0.39 is 6.10 Å². The summed E-state index contributed by atoms with van der Waals surface area (Å²) in [6.07, 6.45) is 3.31. The van der Waals surface area contributed by atoms with Crippen LogP contribution in [-0.4, -0.2) is 11.2 Å². The number of hydrogen-bond acceptors (Lipinski definition) is 1.